The molecule has 0 aromatic heterocycles. The number of hydrogen-bond acceptors (Lipinski definition) is 2. The van der Waals surface area contributed by atoms with Crippen LogP contribution in [0.5, 0.6) is 0 Å². The molecule has 0 radical (unpaired) electrons. The summed E-state index contributed by atoms with van der Waals surface area (Å²) >= 11 is 5.79. The Hall–Kier alpha value is -2.54. The van der Waals surface area contributed by atoms with Crippen LogP contribution in [0.3, 0.4) is 0 Å². The summed E-state index contributed by atoms with van der Waals surface area (Å²) in [5.74, 6) is -0.761. The molecule has 0 aliphatic rings. The molecule has 0 saturated heterocycles. The Morgan fingerprint density at radius 3 is 2.37 bits per heavy atom. The van der Waals surface area contributed by atoms with Crippen LogP contribution < -0.4 is 10.2 Å². The molecule has 0 spiro atoms. The smallest absolute Gasteiger partial charge is 0.352 e. The van der Waals surface area contributed by atoms with Gasteiger partial charge in [0.15, 0.2) is 0 Å². The van der Waals surface area contributed by atoms with Gasteiger partial charge in [-0.25, -0.2) is 0 Å². The minimum atomic E-state index is -4.51. The fraction of sp³-hybridized carbons (Fsp3) is 0.263. The zero-order chi connectivity index (χ0) is 20.0. The molecular formula is C19H18ClF3N2O2. The van der Waals surface area contributed by atoms with Gasteiger partial charge in [0, 0.05) is 37.1 Å². The van der Waals surface area contributed by atoms with Gasteiger partial charge in [-0.05, 0) is 35.9 Å². The standard InChI is InChI=1S/C19H18ClF3N2O2/c1-13(26)25(17-4-2-3-15(11-17)19(21,22)23)10-9-18(27)24-12-14-5-7-16(20)8-6-14/h2-8,11H,9-10,12H2,1H3,(H,24,27). The summed E-state index contributed by atoms with van der Waals surface area (Å²) < 4.78 is 38.6. The number of halogens is 4. The van der Waals surface area contributed by atoms with Gasteiger partial charge in [-0.3, -0.25) is 9.59 Å². The molecule has 0 aliphatic heterocycles. The number of carbonyl (C=O) groups excluding carboxylic acids is 2. The topological polar surface area (TPSA) is 49.4 Å². The second-order valence-corrected chi connectivity index (χ2v) is 6.31. The summed E-state index contributed by atoms with van der Waals surface area (Å²) in [6.45, 7) is 1.51. The number of rotatable bonds is 6. The van der Waals surface area contributed by atoms with E-state index in [9.17, 15) is 22.8 Å². The third-order valence-electron chi connectivity index (χ3n) is 3.83. The number of nitrogens with zero attached hydrogens (tertiary/aromatic N) is 1. The quantitative estimate of drug-likeness (QED) is 0.783. The number of alkyl halides is 3. The molecule has 144 valence electrons. The molecular weight excluding hydrogens is 381 g/mol. The van der Waals surface area contributed by atoms with Crippen LogP contribution in [0.25, 0.3) is 0 Å². The number of anilines is 1. The predicted octanol–water partition coefficient (Wildman–Crippen LogP) is 4.42. The molecule has 2 aromatic carbocycles. The van der Waals surface area contributed by atoms with Crippen molar-refractivity contribution in [3.05, 3.63) is 64.7 Å². The number of nitrogens with one attached hydrogen (secondary N) is 1. The molecule has 0 bridgehead atoms. The highest BCUT2D eigenvalue weighted by atomic mass is 35.5. The second-order valence-electron chi connectivity index (χ2n) is 5.87. The first-order chi connectivity index (χ1) is 12.7. The average Bonchev–Trinajstić information content (AvgIpc) is 2.60. The van der Waals surface area contributed by atoms with E-state index < -0.39 is 17.6 Å². The van der Waals surface area contributed by atoms with E-state index in [1.54, 1.807) is 24.3 Å². The van der Waals surface area contributed by atoms with Crippen molar-refractivity contribution in [3.8, 4) is 0 Å². The van der Waals surface area contributed by atoms with Gasteiger partial charge in [-0.1, -0.05) is 29.8 Å². The van der Waals surface area contributed by atoms with Crippen molar-refractivity contribution < 1.29 is 22.8 Å². The van der Waals surface area contributed by atoms with Crippen LogP contribution in [0, 0.1) is 0 Å². The highest BCUT2D eigenvalue weighted by molar-refractivity contribution is 6.30. The van der Waals surface area contributed by atoms with E-state index in [2.05, 4.69) is 5.32 Å². The molecule has 0 aliphatic carbocycles. The van der Waals surface area contributed by atoms with Crippen molar-refractivity contribution in [3.63, 3.8) is 0 Å². The summed E-state index contributed by atoms with van der Waals surface area (Å²) in [6.07, 6.45) is -4.54. The Morgan fingerprint density at radius 2 is 1.78 bits per heavy atom. The van der Waals surface area contributed by atoms with Crippen LogP contribution in [0.2, 0.25) is 5.02 Å². The molecule has 0 atom stereocenters. The van der Waals surface area contributed by atoms with Gasteiger partial charge in [0.1, 0.15) is 0 Å². The van der Waals surface area contributed by atoms with E-state index in [1.807, 2.05) is 0 Å². The third-order valence-corrected chi connectivity index (χ3v) is 4.08. The van der Waals surface area contributed by atoms with Crippen LogP contribution in [-0.2, 0) is 22.3 Å². The van der Waals surface area contributed by atoms with E-state index in [-0.39, 0.29) is 24.6 Å². The fourth-order valence-corrected chi connectivity index (χ4v) is 2.55. The van der Waals surface area contributed by atoms with Gasteiger partial charge < -0.3 is 10.2 Å². The predicted molar refractivity (Wildman–Crippen MR) is 97.4 cm³/mol. The van der Waals surface area contributed by atoms with Crippen molar-refractivity contribution in [2.45, 2.75) is 26.1 Å². The molecule has 8 heteroatoms. The first kappa shape index (κ1) is 20.8. The lowest BCUT2D eigenvalue weighted by Crippen LogP contribution is -2.33. The van der Waals surface area contributed by atoms with Gasteiger partial charge in [0.25, 0.3) is 0 Å². The van der Waals surface area contributed by atoms with E-state index >= 15 is 0 Å². The fourth-order valence-electron chi connectivity index (χ4n) is 2.42. The molecule has 4 nitrogen and oxygen atoms in total. The second kappa shape index (κ2) is 8.90. The van der Waals surface area contributed by atoms with E-state index in [0.717, 1.165) is 22.6 Å². The molecule has 2 rings (SSSR count). The maximum atomic E-state index is 12.9. The third kappa shape index (κ3) is 6.29. The van der Waals surface area contributed by atoms with Gasteiger partial charge in [0.05, 0.1) is 5.56 Å². The van der Waals surface area contributed by atoms with Crippen molar-refractivity contribution in [2.75, 3.05) is 11.4 Å². The number of benzene rings is 2. The molecule has 0 fully saturated rings. The Kier molecular flexibility index (Phi) is 6.85. The lowest BCUT2D eigenvalue weighted by molar-refractivity contribution is -0.137. The highest BCUT2D eigenvalue weighted by Crippen LogP contribution is 2.31. The van der Waals surface area contributed by atoms with Crippen LogP contribution >= 0.6 is 11.6 Å². The molecule has 0 saturated carbocycles. The van der Waals surface area contributed by atoms with Crippen molar-refractivity contribution in [2.24, 2.45) is 0 Å². The number of hydrogen-bond donors (Lipinski definition) is 1. The van der Waals surface area contributed by atoms with Gasteiger partial charge in [-0.15, -0.1) is 0 Å². The monoisotopic (exact) mass is 398 g/mol. The van der Waals surface area contributed by atoms with Crippen LogP contribution in [0.15, 0.2) is 48.5 Å². The minimum absolute atomic E-state index is 0.0247. The summed E-state index contributed by atoms with van der Waals surface area (Å²) in [5, 5.41) is 3.29. The summed E-state index contributed by atoms with van der Waals surface area (Å²) in [5.41, 5.74) is 0.107. The molecule has 0 heterocycles. The van der Waals surface area contributed by atoms with E-state index in [4.69, 9.17) is 11.6 Å². The Morgan fingerprint density at radius 1 is 1.11 bits per heavy atom. The number of amides is 2. The Labute approximate surface area is 159 Å². The summed E-state index contributed by atoms with van der Waals surface area (Å²) in [6, 6.07) is 11.4. The molecule has 1 N–H and O–H groups in total. The Bertz CT molecular complexity index is 807. The Balaban J connectivity index is 1.97. The number of carbonyl (C=O) groups is 2. The molecule has 0 unspecified atom stereocenters. The maximum absolute atomic E-state index is 12.9. The zero-order valence-electron chi connectivity index (χ0n) is 14.5. The minimum Gasteiger partial charge on any atom is -0.352 e. The molecule has 2 aromatic rings. The van der Waals surface area contributed by atoms with Gasteiger partial charge >= 0.3 is 6.18 Å². The van der Waals surface area contributed by atoms with Crippen LogP contribution in [-0.4, -0.2) is 18.4 Å². The zero-order valence-corrected chi connectivity index (χ0v) is 15.3. The van der Waals surface area contributed by atoms with E-state index in [0.29, 0.717) is 11.6 Å². The molecule has 2 amide bonds. The maximum Gasteiger partial charge on any atom is 0.416 e. The lowest BCUT2D eigenvalue weighted by atomic mass is 10.1. The summed E-state index contributed by atoms with van der Waals surface area (Å²) in [7, 11) is 0. The lowest BCUT2D eigenvalue weighted by Gasteiger charge is -2.22. The average molecular weight is 399 g/mol. The van der Waals surface area contributed by atoms with Crippen molar-refractivity contribution >= 4 is 29.1 Å². The highest BCUT2D eigenvalue weighted by Gasteiger charge is 2.31. The first-order valence-corrected chi connectivity index (χ1v) is 8.51. The summed E-state index contributed by atoms with van der Waals surface area (Å²) in [4.78, 5) is 25.0. The van der Waals surface area contributed by atoms with E-state index in [1.165, 1.54) is 19.1 Å². The van der Waals surface area contributed by atoms with Crippen LogP contribution in [0.4, 0.5) is 18.9 Å². The van der Waals surface area contributed by atoms with Crippen molar-refractivity contribution in [1.29, 1.82) is 0 Å². The largest absolute Gasteiger partial charge is 0.416 e. The van der Waals surface area contributed by atoms with Gasteiger partial charge in [-0.2, -0.15) is 13.2 Å². The van der Waals surface area contributed by atoms with Crippen molar-refractivity contribution in [1.82, 2.24) is 5.32 Å². The molecule has 27 heavy (non-hydrogen) atoms. The van der Waals surface area contributed by atoms with Gasteiger partial charge in [0.2, 0.25) is 11.8 Å². The SMILES string of the molecule is CC(=O)N(CCC(=O)NCc1ccc(Cl)cc1)c1cccc(C(F)(F)F)c1. The van der Waals surface area contributed by atoms with Crippen LogP contribution in [0.1, 0.15) is 24.5 Å². The first-order valence-electron chi connectivity index (χ1n) is 8.13. The normalized spacial score (nSPS) is 11.1.